The molecule has 0 aliphatic rings. The van der Waals surface area contributed by atoms with Gasteiger partial charge in [-0.1, -0.05) is 0 Å². The van der Waals surface area contributed by atoms with E-state index in [1.54, 1.807) is 6.07 Å². The molecule has 3 heterocycles. The number of benzene rings is 1. The topological polar surface area (TPSA) is 88.6 Å². The minimum atomic E-state index is -4.57. The van der Waals surface area contributed by atoms with Crippen LogP contribution in [-0.4, -0.2) is 33.2 Å². The number of rotatable bonds is 6. The molecule has 4 aromatic rings. The Kier molecular flexibility index (Phi) is 5.83. The molecule has 11 heteroatoms. The van der Waals surface area contributed by atoms with Crippen molar-refractivity contribution < 1.29 is 22.3 Å². The highest BCUT2D eigenvalue weighted by Gasteiger charge is 2.32. The molecule has 3 aromatic heterocycles. The summed E-state index contributed by atoms with van der Waals surface area (Å²) in [4.78, 5) is 11.5. The third-order valence-electron chi connectivity index (χ3n) is 4.96. The van der Waals surface area contributed by atoms with Gasteiger partial charge in [-0.2, -0.15) is 18.4 Å². The molecular formula is C22H16F4N6O. The van der Waals surface area contributed by atoms with E-state index < -0.39 is 17.7 Å². The maximum Gasteiger partial charge on any atom is 0.433 e. The Balaban J connectivity index is 1.55. The van der Waals surface area contributed by atoms with Gasteiger partial charge in [-0.3, -0.25) is 4.98 Å². The molecule has 0 unspecified atom stereocenters. The smallest absolute Gasteiger partial charge is 0.433 e. The van der Waals surface area contributed by atoms with Crippen molar-refractivity contribution in [2.24, 2.45) is 0 Å². The zero-order valence-corrected chi connectivity index (χ0v) is 17.2. The molecule has 0 atom stereocenters. The SMILES string of the molecule is COc1ccc(F)c2c1cc(C#N)n2CCNc1cc(-c2ccnc(C(F)(F)F)c2)ncn1. The number of hydrogen-bond acceptors (Lipinski definition) is 6. The Morgan fingerprint density at radius 3 is 2.67 bits per heavy atom. The van der Waals surface area contributed by atoms with Gasteiger partial charge in [0, 0.05) is 36.3 Å². The van der Waals surface area contributed by atoms with E-state index >= 15 is 0 Å². The fourth-order valence-corrected chi connectivity index (χ4v) is 3.47. The largest absolute Gasteiger partial charge is 0.496 e. The van der Waals surface area contributed by atoms with Gasteiger partial charge in [0.25, 0.3) is 0 Å². The van der Waals surface area contributed by atoms with Crippen molar-refractivity contribution in [1.82, 2.24) is 19.5 Å². The number of fused-ring (bicyclic) bond motifs is 1. The summed E-state index contributed by atoms with van der Waals surface area (Å²) in [6.45, 7) is 0.485. The van der Waals surface area contributed by atoms with Crippen LogP contribution >= 0.6 is 0 Å². The van der Waals surface area contributed by atoms with Crippen molar-refractivity contribution in [2.45, 2.75) is 12.7 Å². The number of nitrogens with zero attached hydrogens (tertiary/aromatic N) is 5. The Labute approximate surface area is 185 Å². The first-order chi connectivity index (χ1) is 15.8. The number of hydrogen-bond donors (Lipinski definition) is 1. The third kappa shape index (κ3) is 4.41. The van der Waals surface area contributed by atoms with Crippen LogP contribution in [-0.2, 0) is 12.7 Å². The van der Waals surface area contributed by atoms with E-state index in [0.29, 0.717) is 17.0 Å². The zero-order chi connectivity index (χ0) is 23.6. The summed E-state index contributed by atoms with van der Waals surface area (Å²) in [5.41, 5.74) is -0.00269. The van der Waals surface area contributed by atoms with Crippen LogP contribution in [0.2, 0.25) is 0 Å². The average molecular weight is 456 g/mol. The second-order valence-electron chi connectivity index (χ2n) is 6.95. The number of aromatic nitrogens is 4. The second-order valence-corrected chi connectivity index (χ2v) is 6.95. The Morgan fingerprint density at radius 2 is 1.94 bits per heavy atom. The van der Waals surface area contributed by atoms with Gasteiger partial charge < -0.3 is 14.6 Å². The van der Waals surface area contributed by atoms with Gasteiger partial charge in [0.15, 0.2) is 0 Å². The van der Waals surface area contributed by atoms with Crippen LogP contribution in [0.1, 0.15) is 11.4 Å². The molecule has 4 rings (SSSR count). The molecule has 0 fully saturated rings. The Hall–Kier alpha value is -4.20. The van der Waals surface area contributed by atoms with E-state index in [1.165, 1.54) is 42.3 Å². The first-order valence-corrected chi connectivity index (χ1v) is 9.67. The van der Waals surface area contributed by atoms with Gasteiger partial charge in [0.2, 0.25) is 0 Å². The maximum atomic E-state index is 14.5. The molecule has 168 valence electrons. The lowest BCUT2D eigenvalue weighted by Gasteiger charge is -2.11. The molecule has 33 heavy (non-hydrogen) atoms. The van der Waals surface area contributed by atoms with Crippen LogP contribution in [0.5, 0.6) is 5.75 Å². The number of nitriles is 1. The van der Waals surface area contributed by atoms with Crippen molar-refractivity contribution in [3.8, 4) is 23.1 Å². The highest BCUT2D eigenvalue weighted by Crippen LogP contribution is 2.32. The summed E-state index contributed by atoms with van der Waals surface area (Å²) in [6, 6.07) is 10.2. The second kappa shape index (κ2) is 8.74. The number of ether oxygens (including phenoxy) is 1. The normalized spacial score (nSPS) is 11.4. The molecule has 0 aliphatic heterocycles. The molecule has 0 radical (unpaired) electrons. The number of anilines is 1. The summed E-state index contributed by atoms with van der Waals surface area (Å²) >= 11 is 0. The van der Waals surface area contributed by atoms with Gasteiger partial charge in [0.05, 0.1) is 18.3 Å². The lowest BCUT2D eigenvalue weighted by Crippen LogP contribution is -2.13. The van der Waals surface area contributed by atoms with E-state index in [4.69, 9.17) is 4.74 Å². The van der Waals surface area contributed by atoms with Crippen LogP contribution in [0.3, 0.4) is 0 Å². The third-order valence-corrected chi connectivity index (χ3v) is 4.96. The van der Waals surface area contributed by atoms with E-state index in [2.05, 4.69) is 20.3 Å². The van der Waals surface area contributed by atoms with Crippen molar-refractivity contribution in [3.63, 3.8) is 0 Å². The fraction of sp³-hybridized carbons (Fsp3) is 0.182. The van der Waals surface area contributed by atoms with E-state index in [1.807, 2.05) is 6.07 Å². The highest BCUT2D eigenvalue weighted by molar-refractivity contribution is 5.88. The van der Waals surface area contributed by atoms with Crippen LogP contribution in [0.25, 0.3) is 22.2 Å². The van der Waals surface area contributed by atoms with Gasteiger partial charge >= 0.3 is 6.18 Å². The number of methoxy groups -OCH3 is 1. The summed E-state index contributed by atoms with van der Waals surface area (Å²) in [5, 5.41) is 13.0. The van der Waals surface area contributed by atoms with Crippen molar-refractivity contribution in [1.29, 1.82) is 5.26 Å². The van der Waals surface area contributed by atoms with E-state index in [0.717, 1.165) is 12.3 Å². The lowest BCUT2D eigenvalue weighted by molar-refractivity contribution is -0.141. The van der Waals surface area contributed by atoms with E-state index in [-0.39, 0.29) is 35.6 Å². The molecule has 7 nitrogen and oxygen atoms in total. The van der Waals surface area contributed by atoms with Crippen LogP contribution in [0, 0.1) is 17.1 Å². The molecule has 0 aliphatic carbocycles. The first-order valence-electron chi connectivity index (χ1n) is 9.67. The molecule has 1 aromatic carbocycles. The number of halogens is 4. The lowest BCUT2D eigenvalue weighted by atomic mass is 10.1. The molecule has 0 amide bonds. The van der Waals surface area contributed by atoms with Crippen LogP contribution < -0.4 is 10.1 Å². The van der Waals surface area contributed by atoms with Gasteiger partial charge in [-0.05, 0) is 30.3 Å². The monoisotopic (exact) mass is 456 g/mol. The quantitative estimate of drug-likeness (QED) is 0.425. The molecule has 0 bridgehead atoms. The summed E-state index contributed by atoms with van der Waals surface area (Å²) in [5.74, 6) is 0.318. The average Bonchev–Trinajstić information content (AvgIpc) is 3.19. The minimum Gasteiger partial charge on any atom is -0.496 e. The standard InChI is InChI=1S/C22H16F4N6O/c1-33-18-3-2-16(23)21-15(18)9-14(11-27)32(21)7-6-29-20-10-17(30-12-31-20)13-4-5-28-19(8-13)22(24,25)26/h2-5,8-10,12H,6-7H2,1H3,(H,29,30,31). The van der Waals surface area contributed by atoms with Crippen LogP contribution in [0.15, 0.2) is 48.9 Å². The zero-order valence-electron chi connectivity index (χ0n) is 17.2. The number of nitrogens with one attached hydrogen (secondary N) is 1. The molecule has 0 spiro atoms. The maximum absolute atomic E-state index is 14.5. The van der Waals surface area contributed by atoms with E-state index in [9.17, 15) is 22.8 Å². The van der Waals surface area contributed by atoms with Crippen molar-refractivity contribution >= 4 is 16.7 Å². The number of alkyl halides is 3. The molecular weight excluding hydrogens is 440 g/mol. The minimum absolute atomic E-state index is 0.225. The predicted molar refractivity (Wildman–Crippen MR) is 112 cm³/mol. The van der Waals surface area contributed by atoms with Crippen molar-refractivity contribution in [2.75, 3.05) is 19.0 Å². The summed E-state index contributed by atoms with van der Waals surface area (Å²) < 4.78 is 60.1. The van der Waals surface area contributed by atoms with Crippen molar-refractivity contribution in [3.05, 3.63) is 66.1 Å². The van der Waals surface area contributed by atoms with Gasteiger partial charge in [-0.25, -0.2) is 14.4 Å². The highest BCUT2D eigenvalue weighted by atomic mass is 19.4. The van der Waals surface area contributed by atoms with Gasteiger partial charge in [0.1, 0.15) is 41.2 Å². The molecule has 0 saturated carbocycles. The Morgan fingerprint density at radius 1 is 1.12 bits per heavy atom. The predicted octanol–water partition coefficient (Wildman–Crippen LogP) is 4.64. The summed E-state index contributed by atoms with van der Waals surface area (Å²) in [6.07, 6.45) is -2.28. The number of pyridine rings is 1. The fourth-order valence-electron chi connectivity index (χ4n) is 3.47. The summed E-state index contributed by atoms with van der Waals surface area (Å²) in [7, 11) is 1.46. The van der Waals surface area contributed by atoms with Gasteiger partial charge in [-0.15, -0.1) is 0 Å². The Bertz CT molecular complexity index is 1360. The molecule has 1 N–H and O–H groups in total. The first kappa shape index (κ1) is 22.0. The molecule has 0 saturated heterocycles. The van der Waals surface area contributed by atoms with Crippen LogP contribution in [0.4, 0.5) is 23.4 Å².